The third kappa shape index (κ3) is 24.3. The van der Waals surface area contributed by atoms with Gasteiger partial charge >= 0.3 is 12.2 Å². The molecule has 0 bridgehead atoms. The molecule has 3 aromatic carbocycles. The molecule has 0 spiro atoms. The molecule has 2 saturated heterocycles. The molecule has 3 aromatic rings. The Labute approximate surface area is 460 Å². The minimum Gasteiger partial charge on any atom is -0.497 e. The number of hydrogen-bond donors (Lipinski definition) is 5. The van der Waals surface area contributed by atoms with Crippen molar-refractivity contribution in [2.45, 2.75) is 186 Å². The number of nitrogens with zero attached hydrogens (tertiary/aromatic N) is 1. The van der Waals surface area contributed by atoms with Gasteiger partial charge in [-0.05, 0) is 140 Å². The summed E-state index contributed by atoms with van der Waals surface area (Å²) in [5.74, 6) is -0.540. The lowest BCUT2D eigenvalue weighted by Gasteiger charge is -2.35. The van der Waals surface area contributed by atoms with Crippen molar-refractivity contribution >= 4 is 22.2 Å². The molecule has 434 valence electrons. The molecule has 2 aliphatic rings. The standard InChI is InChI=1S/C33H50N2O8S.C26H44N2O5/c1-31(2,3)43-30(37)34-28(22-25-12-9-8-10-13-25)29(36)23-35(44(38,39)27-16-14-26(40-7)15-17-27)24-32(4,5)18-11-19-33(6)41-20-21-42-33;1-24(2,3)33-23(30)28-21(17-20-11-8-7-9-12-20)22(29)18-27-19-25(4,5)13-10-14-26(6)31-15-16-32-26/h8-10,12-17,28-29,36H,11,18-24H2,1-7H3,(H,34,37);7-9,11-12,21-22,27,29H,10,13-19H2,1-6H3,(H,28,30)/t28-,29?;21-,22?/m00/s1. The van der Waals surface area contributed by atoms with E-state index in [9.17, 15) is 28.2 Å². The molecule has 2 heterocycles. The molecule has 0 radical (unpaired) electrons. The molecule has 77 heavy (non-hydrogen) atoms. The van der Waals surface area contributed by atoms with Gasteiger partial charge in [0, 0.05) is 39.0 Å². The Morgan fingerprint density at radius 1 is 0.636 bits per heavy atom. The van der Waals surface area contributed by atoms with Crippen molar-refractivity contribution in [3.05, 3.63) is 96.1 Å². The first kappa shape index (κ1) is 65.2. The number of benzene rings is 3. The number of hydrogen-bond acceptors (Lipinski definition) is 14. The maximum atomic E-state index is 14.1. The molecular weight excluding hydrogens is 1000 g/mol. The van der Waals surface area contributed by atoms with Crippen molar-refractivity contribution < 1.29 is 61.4 Å². The van der Waals surface area contributed by atoms with Crippen molar-refractivity contribution in [3.8, 4) is 5.75 Å². The number of methoxy groups -OCH3 is 1. The van der Waals surface area contributed by atoms with Gasteiger partial charge in [-0.1, -0.05) is 88.4 Å². The molecule has 17 nitrogen and oxygen atoms in total. The summed E-state index contributed by atoms with van der Waals surface area (Å²) in [6, 6.07) is 24.2. The molecule has 4 atom stereocenters. The van der Waals surface area contributed by atoms with Crippen LogP contribution in [-0.4, -0.2) is 142 Å². The van der Waals surface area contributed by atoms with Crippen molar-refractivity contribution in [1.82, 2.24) is 20.3 Å². The lowest BCUT2D eigenvalue weighted by molar-refractivity contribution is -0.148. The van der Waals surface area contributed by atoms with Crippen LogP contribution in [0.1, 0.15) is 133 Å². The zero-order chi connectivity index (χ0) is 57.1. The summed E-state index contributed by atoms with van der Waals surface area (Å²) in [6.45, 7) is 26.6. The SMILES string of the molecule is CC(C)(CCCC1(C)OCCO1)CNCC(O)[C@H](Cc1ccccc1)NC(=O)OC(C)(C)C.COc1ccc(S(=O)(=O)N(CC(O)[C@H](Cc2ccccc2)NC(=O)OC(C)(C)C)CC(C)(C)CCCC2(C)OCCO2)cc1. The zero-order valence-electron chi connectivity index (χ0n) is 48.4. The van der Waals surface area contributed by atoms with E-state index in [2.05, 4.69) is 29.8 Å². The predicted molar refractivity (Wildman–Crippen MR) is 299 cm³/mol. The number of carbonyl (C=O) groups excluding carboxylic acids is 2. The average molecular weight is 1100 g/mol. The second-order valence-corrected chi connectivity index (χ2v) is 26.3. The largest absolute Gasteiger partial charge is 0.497 e. The number of ether oxygens (including phenoxy) is 7. The van der Waals surface area contributed by atoms with Gasteiger partial charge in [0.2, 0.25) is 10.0 Å². The van der Waals surface area contributed by atoms with E-state index in [0.717, 1.165) is 43.4 Å². The Hall–Kier alpha value is -4.37. The van der Waals surface area contributed by atoms with E-state index in [1.165, 1.54) is 23.5 Å². The monoisotopic (exact) mass is 1100 g/mol. The van der Waals surface area contributed by atoms with Gasteiger partial charge in [-0.25, -0.2) is 18.0 Å². The molecule has 2 aliphatic heterocycles. The summed E-state index contributed by atoms with van der Waals surface area (Å²) in [5.41, 5.74) is 0.181. The highest BCUT2D eigenvalue weighted by atomic mass is 32.2. The summed E-state index contributed by atoms with van der Waals surface area (Å²) in [7, 11) is -2.53. The third-order valence-electron chi connectivity index (χ3n) is 13.3. The van der Waals surface area contributed by atoms with Crippen LogP contribution in [0.2, 0.25) is 0 Å². The number of alkyl carbamates (subject to hydrolysis) is 2. The molecule has 2 unspecified atom stereocenters. The summed E-state index contributed by atoms with van der Waals surface area (Å²) >= 11 is 0. The van der Waals surface area contributed by atoms with Crippen molar-refractivity contribution in [3.63, 3.8) is 0 Å². The van der Waals surface area contributed by atoms with Gasteiger partial charge in [-0.15, -0.1) is 0 Å². The summed E-state index contributed by atoms with van der Waals surface area (Å²) < 4.78 is 68.5. The Kier molecular flexibility index (Phi) is 24.7. The average Bonchev–Trinajstić information content (AvgIpc) is 3.98. The van der Waals surface area contributed by atoms with Crippen LogP contribution in [0.25, 0.3) is 0 Å². The van der Waals surface area contributed by atoms with Crippen molar-refractivity contribution in [2.24, 2.45) is 10.8 Å². The summed E-state index contributed by atoms with van der Waals surface area (Å²) in [6.07, 6.45) is 2.62. The molecule has 2 fully saturated rings. The molecule has 2 amide bonds. The molecule has 18 heteroatoms. The third-order valence-corrected chi connectivity index (χ3v) is 15.2. The van der Waals surface area contributed by atoms with Crippen LogP contribution in [0.5, 0.6) is 5.75 Å². The van der Waals surface area contributed by atoms with E-state index in [0.29, 0.717) is 58.0 Å². The fourth-order valence-electron chi connectivity index (χ4n) is 9.22. The normalized spacial score (nSPS) is 17.4. The van der Waals surface area contributed by atoms with Crippen LogP contribution in [0, 0.1) is 10.8 Å². The smallest absolute Gasteiger partial charge is 0.407 e. The Balaban J connectivity index is 0.000000347. The van der Waals surface area contributed by atoms with Gasteiger partial charge in [-0.3, -0.25) is 0 Å². The number of amides is 2. The minimum absolute atomic E-state index is 0.0577. The molecule has 5 rings (SSSR count). The van der Waals surface area contributed by atoms with Crippen molar-refractivity contribution in [1.29, 1.82) is 0 Å². The van der Waals surface area contributed by atoms with Crippen LogP contribution in [0.4, 0.5) is 9.59 Å². The molecule has 5 N–H and O–H groups in total. The van der Waals surface area contributed by atoms with Gasteiger partial charge in [0.15, 0.2) is 11.6 Å². The number of sulfonamides is 1. The molecule has 0 saturated carbocycles. The minimum atomic E-state index is -4.05. The van der Waals surface area contributed by atoms with Crippen LogP contribution < -0.4 is 20.7 Å². The summed E-state index contributed by atoms with van der Waals surface area (Å²) in [4.78, 5) is 25.3. The first-order valence-corrected chi connectivity index (χ1v) is 28.7. The Morgan fingerprint density at radius 3 is 1.47 bits per heavy atom. The lowest BCUT2D eigenvalue weighted by Crippen LogP contribution is -2.52. The first-order valence-electron chi connectivity index (χ1n) is 27.2. The van der Waals surface area contributed by atoms with Gasteiger partial charge in [0.1, 0.15) is 17.0 Å². The number of nitrogens with one attached hydrogen (secondary N) is 3. The van der Waals surface area contributed by atoms with Crippen LogP contribution in [0.15, 0.2) is 89.8 Å². The fraction of sp³-hybridized carbons (Fsp3) is 0.661. The van der Waals surface area contributed by atoms with Crippen LogP contribution in [0.3, 0.4) is 0 Å². The fourth-order valence-corrected chi connectivity index (χ4v) is 10.9. The van der Waals surface area contributed by atoms with Crippen LogP contribution in [-0.2, 0) is 51.3 Å². The highest BCUT2D eigenvalue weighted by Gasteiger charge is 2.37. The van der Waals surface area contributed by atoms with Crippen molar-refractivity contribution in [2.75, 3.05) is 59.7 Å². The second-order valence-electron chi connectivity index (χ2n) is 24.3. The van der Waals surface area contributed by atoms with Gasteiger partial charge in [0.05, 0.1) is 62.7 Å². The zero-order valence-corrected chi connectivity index (χ0v) is 49.3. The van der Waals surface area contributed by atoms with E-state index in [1.54, 1.807) is 32.9 Å². The predicted octanol–water partition coefficient (Wildman–Crippen LogP) is 9.17. The van der Waals surface area contributed by atoms with E-state index in [4.69, 9.17) is 33.2 Å². The van der Waals surface area contributed by atoms with Gasteiger partial charge in [0.25, 0.3) is 0 Å². The van der Waals surface area contributed by atoms with E-state index in [1.807, 2.05) is 109 Å². The van der Waals surface area contributed by atoms with Crippen LogP contribution >= 0.6 is 0 Å². The van der Waals surface area contributed by atoms with Gasteiger partial charge < -0.3 is 59.3 Å². The molecular formula is C59H94N4O13S. The highest BCUT2D eigenvalue weighted by molar-refractivity contribution is 7.89. The van der Waals surface area contributed by atoms with Gasteiger partial charge in [-0.2, -0.15) is 4.31 Å². The Bertz CT molecular complexity index is 2310. The second kappa shape index (κ2) is 29.2. The molecule has 0 aliphatic carbocycles. The summed E-state index contributed by atoms with van der Waals surface area (Å²) in [5, 5.41) is 31.5. The number of aliphatic hydroxyl groups excluding tert-OH is 2. The number of rotatable bonds is 27. The first-order chi connectivity index (χ1) is 35.9. The highest BCUT2D eigenvalue weighted by Crippen LogP contribution is 2.33. The lowest BCUT2D eigenvalue weighted by atomic mass is 9.86. The number of aliphatic hydroxyl groups is 2. The van der Waals surface area contributed by atoms with E-state index < -0.39 is 74.7 Å². The van der Waals surface area contributed by atoms with E-state index in [-0.39, 0.29) is 29.8 Å². The number of carbonyl (C=O) groups is 2. The topological polar surface area (TPSA) is 213 Å². The maximum absolute atomic E-state index is 14.1. The van der Waals surface area contributed by atoms with E-state index >= 15 is 0 Å². The molecule has 0 aromatic heterocycles. The quantitative estimate of drug-likeness (QED) is 0.0482. The maximum Gasteiger partial charge on any atom is 0.407 e. The Morgan fingerprint density at radius 2 is 1.05 bits per heavy atom.